The summed E-state index contributed by atoms with van der Waals surface area (Å²) in [5.74, 6) is 0.0130. The molecule has 80 heavy (non-hydrogen) atoms. The molecule has 10 rings (SSSR count). The number of ether oxygens (including phenoxy) is 4. The number of nitro benzene ring substituents is 1. The van der Waals surface area contributed by atoms with E-state index in [1.165, 1.54) is 24.3 Å². The van der Waals surface area contributed by atoms with Gasteiger partial charge in [0.25, 0.3) is 5.69 Å². The molecule has 2 aliphatic heterocycles. The first-order valence-corrected chi connectivity index (χ1v) is 35.4. The van der Waals surface area contributed by atoms with E-state index in [0.29, 0.717) is 66.0 Å². The van der Waals surface area contributed by atoms with Gasteiger partial charge in [-0.2, -0.15) is 0 Å². The number of fused-ring (bicyclic) bond motifs is 2. The predicted octanol–water partition coefficient (Wildman–Crippen LogP) is 10.9. The zero-order valence-corrected chi connectivity index (χ0v) is 48.9. The van der Waals surface area contributed by atoms with Crippen molar-refractivity contribution in [2.45, 2.75) is 59.6 Å². The first kappa shape index (κ1) is 60.5. The van der Waals surface area contributed by atoms with Crippen LogP contribution in [0.3, 0.4) is 0 Å². The average molecular weight is 1270 g/mol. The van der Waals surface area contributed by atoms with Gasteiger partial charge in [0.2, 0.25) is 0 Å². The first-order chi connectivity index (χ1) is 38.1. The number of nitrogen functional groups attached to an aromatic ring is 1. The number of halogens is 2. The summed E-state index contributed by atoms with van der Waals surface area (Å²) in [4.78, 5) is 39.6. The van der Waals surface area contributed by atoms with Crippen molar-refractivity contribution in [1.82, 2.24) is 9.80 Å². The number of hydrogen-bond acceptors (Lipinski definition) is 13. The van der Waals surface area contributed by atoms with Gasteiger partial charge in [0, 0.05) is 54.0 Å². The van der Waals surface area contributed by atoms with Crippen LogP contribution in [-0.2, 0) is 53.9 Å². The molecule has 4 N–H and O–H groups in total. The van der Waals surface area contributed by atoms with Crippen LogP contribution < -0.4 is 15.2 Å². The molecule has 0 spiro atoms. The molecule has 2 atom stereocenters. The Morgan fingerprint density at radius 2 is 0.975 bits per heavy atom. The van der Waals surface area contributed by atoms with Crippen LogP contribution in [0.15, 0.2) is 192 Å². The van der Waals surface area contributed by atoms with Crippen LogP contribution in [-0.4, -0.2) is 106 Å². The predicted molar refractivity (Wildman–Crippen MR) is 309 cm³/mol. The minimum absolute atomic E-state index is 0. The Morgan fingerprint density at radius 1 is 0.575 bits per heavy atom. The number of benzene rings is 8. The second-order valence-electron chi connectivity index (χ2n) is 18.5. The average Bonchev–Trinajstić information content (AvgIpc) is 4.20. The fourth-order valence-electron chi connectivity index (χ4n) is 9.19. The third kappa shape index (κ3) is 16.0. The van der Waals surface area contributed by atoms with Crippen molar-refractivity contribution < 1.29 is 55.8 Å². The number of hydrogen-bond donors (Lipinski definition) is 1. The molecule has 0 aromatic heterocycles. The maximum absolute atomic E-state index is 13.4. The van der Waals surface area contributed by atoms with Crippen LogP contribution in [0.25, 0.3) is 21.5 Å². The Bertz CT molecular complexity index is 3650. The Kier molecular flexibility index (Phi) is 21.4. The van der Waals surface area contributed by atoms with Gasteiger partial charge in [0.05, 0.1) is 39.3 Å². The van der Waals surface area contributed by atoms with Crippen LogP contribution in [0.5, 0.6) is 11.5 Å². The molecule has 2 unspecified atom stereocenters. The SMILES string of the molecule is Nc1ccc(OC2CCN(C(=O)OCc3ccccc3)C2)cc1CS(=O)(=O)c1cccc2ccccc12.O.O=C(OCc1ccccc1)N1CCC(Oc2ccc([N+](=O)[O-])c(CS(=O)(=O)c3cccc4ccccc34)c2)C1.[Cl][Sn][Cl]. The van der Waals surface area contributed by atoms with Gasteiger partial charge in [-0.25, -0.2) is 26.4 Å². The molecule has 0 aliphatic carbocycles. The van der Waals surface area contributed by atoms with Crippen molar-refractivity contribution in [3.8, 4) is 11.5 Å². The standard InChI is InChI=1S/C29H26N2O7S.C29H28N2O5S.2ClH.H2O.Sn/c32-29(37-19-21-7-2-1-3-8-21)30-16-15-25(18-30)38-24-13-14-27(31(33)34)23(17-24)20-39(35,36)28-12-6-10-22-9-4-5-11-26(22)28;30-27-14-13-24(36-25-15-16-31(18-25)29(32)35-19-21-7-2-1-3-8-21)17-23(27)20-37(33,34)28-12-6-10-22-9-4-5-11-26(22)28;;;;/h1-14,17,25H,15-16,18-20H2;1-14,17,25H,15-16,18-20,30H2;2*1H;1H2;/q;;;;;+2/p-2. The molecule has 0 saturated carbocycles. The summed E-state index contributed by atoms with van der Waals surface area (Å²) >= 11 is -0.826. The second-order valence-corrected chi connectivity index (χ2v) is 26.6. The van der Waals surface area contributed by atoms with Crippen LogP contribution >= 0.6 is 17.8 Å². The molecule has 8 aromatic carbocycles. The van der Waals surface area contributed by atoms with E-state index in [4.69, 9.17) is 42.5 Å². The fraction of sp³-hybridized carbons (Fsp3) is 0.207. The van der Waals surface area contributed by atoms with Gasteiger partial charge in [-0.05, 0) is 69.9 Å². The number of carbonyl (C=O) groups is 2. The molecule has 8 aromatic rings. The minimum atomic E-state index is -3.92. The van der Waals surface area contributed by atoms with Gasteiger partial charge in [-0.15, -0.1) is 0 Å². The Morgan fingerprint density at radius 3 is 1.44 bits per heavy atom. The number of sulfone groups is 2. The molecule has 17 nitrogen and oxygen atoms in total. The quantitative estimate of drug-likeness (QED) is 0.0435. The number of likely N-dealkylation sites (tertiary alicyclic amines) is 2. The third-order valence-corrected chi connectivity index (χ3v) is 16.5. The van der Waals surface area contributed by atoms with E-state index in [-0.39, 0.29) is 70.3 Å². The maximum atomic E-state index is 13.4. The van der Waals surface area contributed by atoms with Gasteiger partial charge in [0.15, 0.2) is 19.7 Å². The summed E-state index contributed by atoms with van der Waals surface area (Å²) in [7, 11) is 2.29. The summed E-state index contributed by atoms with van der Waals surface area (Å²) in [5.41, 5.74) is 8.55. The topological polar surface area (TPSA) is 246 Å². The van der Waals surface area contributed by atoms with Crippen molar-refractivity contribution in [2.75, 3.05) is 31.9 Å². The Hall–Kier alpha value is -7.14. The normalized spacial score (nSPS) is 14.9. The summed E-state index contributed by atoms with van der Waals surface area (Å²) in [6.45, 7) is 2.02. The van der Waals surface area contributed by atoms with Crippen molar-refractivity contribution in [1.29, 1.82) is 0 Å². The molecule has 2 radical (unpaired) electrons. The summed E-state index contributed by atoms with van der Waals surface area (Å²) < 4.78 is 76.4. The molecule has 2 fully saturated rings. The zero-order chi connectivity index (χ0) is 55.9. The number of carbonyl (C=O) groups excluding carboxylic acids is 2. The summed E-state index contributed by atoms with van der Waals surface area (Å²) in [5, 5.41) is 14.6. The van der Waals surface area contributed by atoms with Crippen molar-refractivity contribution >= 4 is 102 Å². The summed E-state index contributed by atoms with van der Waals surface area (Å²) in [6.07, 6.45) is -0.228. The van der Waals surface area contributed by atoms with E-state index in [2.05, 4.69) is 0 Å². The van der Waals surface area contributed by atoms with Gasteiger partial charge >= 0.3 is 48.9 Å². The van der Waals surface area contributed by atoms with Crippen molar-refractivity contribution in [3.05, 3.63) is 214 Å². The van der Waals surface area contributed by atoms with E-state index >= 15 is 0 Å². The molecular formula is C58H56Cl2N4O13S2Sn. The molecule has 22 heteroatoms. The molecule has 2 saturated heterocycles. The van der Waals surface area contributed by atoms with Gasteiger partial charge in [-0.1, -0.05) is 133 Å². The Labute approximate surface area is 481 Å². The zero-order valence-electron chi connectivity index (χ0n) is 42.9. The van der Waals surface area contributed by atoms with E-state index in [1.807, 2.05) is 109 Å². The van der Waals surface area contributed by atoms with E-state index < -0.39 is 55.3 Å². The second kappa shape index (κ2) is 28.3. The molecule has 2 heterocycles. The number of rotatable bonds is 15. The van der Waals surface area contributed by atoms with Crippen LogP contribution in [0.1, 0.15) is 35.1 Å². The molecule has 2 aliphatic rings. The van der Waals surface area contributed by atoms with Gasteiger partial charge in [-0.3, -0.25) is 10.1 Å². The summed E-state index contributed by atoms with van der Waals surface area (Å²) in [6, 6.07) is 52.8. The fourth-order valence-corrected chi connectivity index (χ4v) is 12.4. The van der Waals surface area contributed by atoms with Crippen LogP contribution in [0.2, 0.25) is 0 Å². The van der Waals surface area contributed by atoms with Crippen molar-refractivity contribution in [2.24, 2.45) is 0 Å². The number of nitrogens with two attached hydrogens (primary N) is 1. The number of nitrogens with zero attached hydrogens (tertiary/aromatic N) is 3. The number of nitro groups is 1. The first-order valence-electron chi connectivity index (χ1n) is 24.9. The molecule has 2 amide bonds. The van der Waals surface area contributed by atoms with Crippen LogP contribution in [0, 0.1) is 10.1 Å². The number of anilines is 1. The van der Waals surface area contributed by atoms with Gasteiger partial charge in [0.1, 0.15) is 36.9 Å². The molecule has 416 valence electrons. The van der Waals surface area contributed by atoms with Crippen LogP contribution in [0.4, 0.5) is 21.0 Å². The molecular weight excluding hydrogens is 1210 g/mol. The van der Waals surface area contributed by atoms with Crippen molar-refractivity contribution in [3.63, 3.8) is 0 Å². The molecule has 0 bridgehead atoms. The van der Waals surface area contributed by atoms with E-state index in [0.717, 1.165) is 21.9 Å². The number of amides is 2. The Balaban J connectivity index is 0.000000218. The van der Waals surface area contributed by atoms with E-state index in [1.54, 1.807) is 58.3 Å². The third-order valence-electron chi connectivity index (χ3n) is 13.0. The monoisotopic (exact) mass is 1270 g/mol. The van der Waals surface area contributed by atoms with Gasteiger partial charge < -0.3 is 40.0 Å². The van der Waals surface area contributed by atoms with E-state index in [9.17, 15) is 36.5 Å².